The Bertz CT molecular complexity index is 1360. The predicted molar refractivity (Wildman–Crippen MR) is 132 cm³/mol. The minimum atomic E-state index is -2.98. The summed E-state index contributed by atoms with van der Waals surface area (Å²) in [5.41, 5.74) is 0.656. The number of amides is 3. The van der Waals surface area contributed by atoms with E-state index in [1.54, 1.807) is 48.5 Å². The maximum Gasteiger partial charge on any atom is 0.387 e. The van der Waals surface area contributed by atoms with Gasteiger partial charge >= 0.3 is 18.6 Å². The highest BCUT2D eigenvalue weighted by molar-refractivity contribution is 6.07. The molecule has 1 saturated heterocycles. The van der Waals surface area contributed by atoms with Crippen LogP contribution in [0.15, 0.2) is 77.9 Å². The third-order valence-corrected chi connectivity index (χ3v) is 5.83. The fourth-order valence-electron chi connectivity index (χ4n) is 3.75. The molecule has 196 valence electrons. The van der Waals surface area contributed by atoms with Crippen LogP contribution in [0, 0.1) is 0 Å². The first-order valence-corrected chi connectivity index (χ1v) is 11.4. The van der Waals surface area contributed by atoms with Gasteiger partial charge in [0.1, 0.15) is 23.6 Å². The molecule has 0 saturated carbocycles. The number of esters is 1. The molecule has 0 radical (unpaired) electrons. The van der Waals surface area contributed by atoms with Crippen LogP contribution in [0.2, 0.25) is 0 Å². The van der Waals surface area contributed by atoms with Crippen molar-refractivity contribution in [2.45, 2.75) is 25.7 Å². The predicted octanol–water partition coefficient (Wildman–Crippen LogP) is 4.45. The van der Waals surface area contributed by atoms with Gasteiger partial charge in [0.05, 0.1) is 18.9 Å². The zero-order chi connectivity index (χ0) is 27.3. The number of urea groups is 1. The van der Waals surface area contributed by atoms with E-state index in [0.717, 1.165) is 5.56 Å². The first kappa shape index (κ1) is 26.3. The quantitative estimate of drug-likeness (QED) is 0.252. The van der Waals surface area contributed by atoms with Crippen molar-refractivity contribution in [3.8, 4) is 11.5 Å². The number of halogens is 2. The Kier molecular flexibility index (Phi) is 7.66. The number of carbonyl (C=O) groups excluding carboxylic acids is 3. The standard InChI is InChI=1S/C27H23F2N3O6/c1-27(20-11-13-21(14-12-20)38-25(28)29)24(34)32(26(35)31-27)30-15-19-5-3-4-6-22(19)37-16-17-7-9-18(10-8-17)23(33)36-2/h3-15,25H,16H2,1-2H3,(H,31,35)/b30-15-/t27-/m0/s1. The van der Waals surface area contributed by atoms with Crippen LogP contribution in [-0.2, 0) is 21.7 Å². The van der Waals surface area contributed by atoms with Gasteiger partial charge in [-0.25, -0.2) is 9.59 Å². The first-order valence-electron chi connectivity index (χ1n) is 11.4. The van der Waals surface area contributed by atoms with Crippen LogP contribution >= 0.6 is 0 Å². The van der Waals surface area contributed by atoms with Crippen molar-refractivity contribution in [1.29, 1.82) is 0 Å². The minimum Gasteiger partial charge on any atom is -0.488 e. The average molecular weight is 523 g/mol. The second kappa shape index (κ2) is 11.1. The molecular formula is C27H23F2N3O6. The van der Waals surface area contributed by atoms with Gasteiger partial charge in [0.15, 0.2) is 0 Å². The van der Waals surface area contributed by atoms with E-state index in [2.05, 4.69) is 19.9 Å². The third-order valence-electron chi connectivity index (χ3n) is 5.83. The highest BCUT2D eigenvalue weighted by Crippen LogP contribution is 2.30. The highest BCUT2D eigenvalue weighted by atomic mass is 19.3. The smallest absolute Gasteiger partial charge is 0.387 e. The number of ether oxygens (including phenoxy) is 3. The largest absolute Gasteiger partial charge is 0.488 e. The molecule has 1 fully saturated rings. The maximum absolute atomic E-state index is 13.1. The van der Waals surface area contributed by atoms with E-state index in [0.29, 0.717) is 27.4 Å². The number of para-hydroxylation sites is 1. The van der Waals surface area contributed by atoms with E-state index < -0.39 is 30.1 Å². The number of carbonyl (C=O) groups is 3. The lowest BCUT2D eigenvalue weighted by atomic mass is 9.92. The first-order chi connectivity index (χ1) is 18.2. The summed E-state index contributed by atoms with van der Waals surface area (Å²) in [4.78, 5) is 37.3. The van der Waals surface area contributed by atoms with Crippen molar-refractivity contribution >= 4 is 24.1 Å². The molecule has 1 heterocycles. The van der Waals surface area contributed by atoms with Crippen molar-refractivity contribution in [2.75, 3.05) is 7.11 Å². The Morgan fingerprint density at radius 3 is 2.39 bits per heavy atom. The maximum atomic E-state index is 13.1. The molecule has 4 rings (SSSR count). The Labute approximate surface area is 216 Å². The highest BCUT2D eigenvalue weighted by Gasteiger charge is 2.49. The average Bonchev–Trinajstić information content (AvgIpc) is 3.14. The number of benzene rings is 3. The number of nitrogens with one attached hydrogen (secondary N) is 1. The summed E-state index contributed by atoms with van der Waals surface area (Å²) in [5.74, 6) is -0.702. The van der Waals surface area contributed by atoms with Gasteiger partial charge in [-0.05, 0) is 54.4 Å². The van der Waals surface area contributed by atoms with Crippen molar-refractivity contribution in [3.05, 3.63) is 95.1 Å². The fourth-order valence-corrected chi connectivity index (χ4v) is 3.75. The Morgan fingerprint density at radius 1 is 1.05 bits per heavy atom. The molecule has 9 nitrogen and oxygen atoms in total. The summed E-state index contributed by atoms with van der Waals surface area (Å²) in [7, 11) is 1.31. The van der Waals surface area contributed by atoms with Gasteiger partial charge in [-0.3, -0.25) is 4.79 Å². The number of rotatable bonds is 9. The van der Waals surface area contributed by atoms with Crippen LogP contribution in [0.5, 0.6) is 11.5 Å². The van der Waals surface area contributed by atoms with Gasteiger partial charge in [0.25, 0.3) is 5.91 Å². The minimum absolute atomic E-state index is 0.0741. The van der Waals surface area contributed by atoms with Crippen LogP contribution in [0.1, 0.15) is 34.0 Å². The lowest BCUT2D eigenvalue weighted by Crippen LogP contribution is -2.40. The van der Waals surface area contributed by atoms with Crippen molar-refractivity contribution in [3.63, 3.8) is 0 Å². The number of hydrogen-bond acceptors (Lipinski definition) is 7. The summed E-state index contributed by atoms with van der Waals surface area (Å²) in [5, 5.41) is 7.37. The zero-order valence-corrected chi connectivity index (χ0v) is 20.4. The lowest BCUT2D eigenvalue weighted by molar-refractivity contribution is -0.131. The molecule has 1 aliphatic heterocycles. The van der Waals surface area contributed by atoms with Crippen LogP contribution in [0.3, 0.4) is 0 Å². The Balaban J connectivity index is 1.46. The second-order valence-electron chi connectivity index (χ2n) is 8.33. The lowest BCUT2D eigenvalue weighted by Gasteiger charge is -2.21. The summed E-state index contributed by atoms with van der Waals surface area (Å²) in [6.07, 6.45) is 1.33. The Morgan fingerprint density at radius 2 is 1.74 bits per heavy atom. The SMILES string of the molecule is COC(=O)c1ccc(COc2ccccc2/C=N\N2C(=O)N[C@@](C)(c3ccc(OC(F)F)cc3)C2=O)cc1. The molecule has 3 aromatic rings. The topological polar surface area (TPSA) is 107 Å². The molecule has 11 heteroatoms. The number of hydrazone groups is 1. The van der Waals surface area contributed by atoms with Crippen molar-refractivity contribution in [1.82, 2.24) is 10.3 Å². The number of hydrogen-bond donors (Lipinski definition) is 1. The van der Waals surface area contributed by atoms with Crippen LogP contribution in [-0.4, -0.2) is 42.9 Å². The fraction of sp³-hybridized carbons (Fsp3) is 0.185. The number of nitrogens with zero attached hydrogens (tertiary/aromatic N) is 2. The number of imide groups is 1. The van der Waals surface area contributed by atoms with Gasteiger partial charge < -0.3 is 19.5 Å². The van der Waals surface area contributed by atoms with Crippen molar-refractivity contribution < 1.29 is 37.4 Å². The third kappa shape index (κ3) is 5.61. The number of alkyl halides is 2. The zero-order valence-electron chi connectivity index (χ0n) is 20.4. The molecule has 0 bridgehead atoms. The molecule has 1 aliphatic rings. The summed E-state index contributed by atoms with van der Waals surface area (Å²) in [6.45, 7) is -1.29. The van der Waals surface area contributed by atoms with E-state index >= 15 is 0 Å². The summed E-state index contributed by atoms with van der Waals surface area (Å²) in [6, 6.07) is 18.3. The summed E-state index contributed by atoms with van der Waals surface area (Å²) >= 11 is 0. The van der Waals surface area contributed by atoms with Gasteiger partial charge in [0.2, 0.25) is 0 Å². The van der Waals surface area contributed by atoms with Gasteiger partial charge in [0, 0.05) is 5.56 Å². The van der Waals surface area contributed by atoms with Gasteiger partial charge in [-0.15, -0.1) is 5.01 Å². The second-order valence-corrected chi connectivity index (χ2v) is 8.33. The molecule has 0 unspecified atom stereocenters. The van der Waals surface area contributed by atoms with E-state index in [9.17, 15) is 23.2 Å². The normalized spacial score (nSPS) is 17.1. The van der Waals surface area contributed by atoms with E-state index in [1.807, 2.05) is 0 Å². The van der Waals surface area contributed by atoms with Gasteiger partial charge in [-0.2, -0.15) is 13.9 Å². The van der Waals surface area contributed by atoms with Crippen LogP contribution < -0.4 is 14.8 Å². The molecule has 0 aliphatic carbocycles. The molecule has 0 aromatic heterocycles. The summed E-state index contributed by atoms with van der Waals surface area (Å²) < 4.78 is 39.8. The van der Waals surface area contributed by atoms with E-state index in [-0.39, 0.29) is 12.4 Å². The monoisotopic (exact) mass is 523 g/mol. The molecule has 3 amide bonds. The van der Waals surface area contributed by atoms with Crippen molar-refractivity contribution in [2.24, 2.45) is 5.10 Å². The molecule has 3 aromatic carbocycles. The molecule has 38 heavy (non-hydrogen) atoms. The Hall–Kier alpha value is -4.80. The van der Waals surface area contributed by atoms with E-state index in [1.165, 1.54) is 44.5 Å². The molecular weight excluding hydrogens is 500 g/mol. The number of methoxy groups -OCH3 is 1. The van der Waals surface area contributed by atoms with E-state index in [4.69, 9.17) is 4.74 Å². The van der Waals surface area contributed by atoms with Gasteiger partial charge in [-0.1, -0.05) is 36.4 Å². The van der Waals surface area contributed by atoms with Crippen LogP contribution in [0.25, 0.3) is 0 Å². The molecule has 0 spiro atoms. The molecule has 1 N–H and O–H groups in total. The molecule has 1 atom stereocenters. The van der Waals surface area contributed by atoms with Crippen LogP contribution in [0.4, 0.5) is 13.6 Å².